The maximum absolute atomic E-state index is 11.4. The molecule has 0 atom stereocenters. The Morgan fingerprint density at radius 2 is 1.52 bits per heavy atom. The minimum absolute atomic E-state index is 0.0373. The van der Waals surface area contributed by atoms with Gasteiger partial charge in [0.15, 0.2) is 5.78 Å². The lowest BCUT2D eigenvalue weighted by molar-refractivity contribution is 0.101. The van der Waals surface area contributed by atoms with Gasteiger partial charge in [0.25, 0.3) is 0 Å². The second-order valence-electron chi connectivity index (χ2n) is 6.74. The Kier molecular flexibility index (Phi) is 6.04. The number of hydrogen-bond donors (Lipinski definition) is 1. The molecule has 0 aliphatic heterocycles. The SMILES string of the molecule is CC(=O)c1cccc(-n2cc(-c3ccccc3)nn2)c1.c1ccc(-c2cn[nH]n2)cc1. The molecule has 0 spiro atoms. The van der Waals surface area contributed by atoms with E-state index in [1.165, 1.54) is 0 Å². The number of Topliss-reactive ketones (excluding diaryl/α,β-unsaturated/α-hetero) is 1. The molecule has 0 amide bonds. The van der Waals surface area contributed by atoms with Crippen LogP contribution in [0.25, 0.3) is 28.2 Å². The lowest BCUT2D eigenvalue weighted by atomic mass is 10.1. The molecule has 0 radical (unpaired) electrons. The Morgan fingerprint density at radius 3 is 2.13 bits per heavy atom. The van der Waals surface area contributed by atoms with E-state index in [2.05, 4.69) is 25.7 Å². The van der Waals surface area contributed by atoms with Gasteiger partial charge in [0.1, 0.15) is 11.4 Å². The third-order valence-corrected chi connectivity index (χ3v) is 4.56. The topological polar surface area (TPSA) is 89.4 Å². The van der Waals surface area contributed by atoms with Crippen molar-refractivity contribution in [2.45, 2.75) is 6.92 Å². The van der Waals surface area contributed by atoms with E-state index in [0.717, 1.165) is 28.2 Å². The summed E-state index contributed by atoms with van der Waals surface area (Å²) in [5.41, 5.74) is 5.28. The van der Waals surface area contributed by atoms with E-state index in [1.54, 1.807) is 23.9 Å². The molecule has 7 nitrogen and oxygen atoms in total. The number of nitrogens with one attached hydrogen (secondary N) is 1. The third kappa shape index (κ3) is 4.97. The largest absolute Gasteiger partial charge is 0.295 e. The van der Waals surface area contributed by atoms with Crippen molar-refractivity contribution in [2.75, 3.05) is 0 Å². The molecule has 0 fully saturated rings. The average Bonchev–Trinajstić information content (AvgIpc) is 3.54. The molecule has 0 bridgehead atoms. The third-order valence-electron chi connectivity index (χ3n) is 4.56. The van der Waals surface area contributed by atoms with Crippen molar-refractivity contribution in [1.29, 1.82) is 0 Å². The van der Waals surface area contributed by atoms with Crippen LogP contribution in [-0.2, 0) is 0 Å². The van der Waals surface area contributed by atoms with Crippen LogP contribution in [0.2, 0.25) is 0 Å². The highest BCUT2D eigenvalue weighted by Gasteiger charge is 2.06. The Morgan fingerprint density at radius 1 is 0.839 bits per heavy atom. The fraction of sp³-hybridized carbons (Fsp3) is 0.0417. The van der Waals surface area contributed by atoms with E-state index >= 15 is 0 Å². The molecule has 5 aromatic rings. The van der Waals surface area contributed by atoms with Gasteiger partial charge in [-0.15, -0.1) is 5.10 Å². The van der Waals surface area contributed by atoms with E-state index in [9.17, 15) is 4.79 Å². The van der Waals surface area contributed by atoms with Gasteiger partial charge in [-0.3, -0.25) is 4.79 Å². The van der Waals surface area contributed by atoms with Crippen molar-refractivity contribution in [3.63, 3.8) is 0 Å². The number of nitrogens with zero attached hydrogens (tertiary/aromatic N) is 5. The first kappa shape index (κ1) is 19.9. The zero-order valence-electron chi connectivity index (χ0n) is 16.9. The summed E-state index contributed by atoms with van der Waals surface area (Å²) in [6.45, 7) is 1.55. The Labute approximate surface area is 179 Å². The van der Waals surface area contributed by atoms with Crippen molar-refractivity contribution in [1.82, 2.24) is 30.4 Å². The van der Waals surface area contributed by atoms with Crippen molar-refractivity contribution >= 4 is 5.78 Å². The number of ketones is 1. The first-order valence-corrected chi connectivity index (χ1v) is 9.71. The molecule has 2 heterocycles. The molecular weight excluding hydrogens is 388 g/mol. The Balaban J connectivity index is 0.000000177. The van der Waals surface area contributed by atoms with Gasteiger partial charge in [0.2, 0.25) is 0 Å². The molecule has 2 aromatic heterocycles. The van der Waals surface area contributed by atoms with Crippen LogP contribution in [0.1, 0.15) is 17.3 Å². The molecule has 152 valence electrons. The molecule has 0 saturated heterocycles. The van der Waals surface area contributed by atoms with Gasteiger partial charge in [0, 0.05) is 16.7 Å². The van der Waals surface area contributed by atoms with Gasteiger partial charge in [-0.1, -0.05) is 78.0 Å². The van der Waals surface area contributed by atoms with Gasteiger partial charge in [-0.25, -0.2) is 4.68 Å². The lowest BCUT2D eigenvalue weighted by Crippen LogP contribution is -1.98. The van der Waals surface area contributed by atoms with Gasteiger partial charge in [-0.05, 0) is 19.1 Å². The number of hydrogen-bond acceptors (Lipinski definition) is 5. The monoisotopic (exact) mass is 408 g/mol. The maximum Gasteiger partial charge on any atom is 0.159 e. The fourth-order valence-electron chi connectivity index (χ4n) is 2.95. The minimum Gasteiger partial charge on any atom is -0.295 e. The molecule has 0 aliphatic carbocycles. The number of benzene rings is 3. The highest BCUT2D eigenvalue weighted by molar-refractivity contribution is 5.94. The van der Waals surface area contributed by atoms with Crippen molar-refractivity contribution in [2.24, 2.45) is 0 Å². The van der Waals surface area contributed by atoms with Crippen LogP contribution < -0.4 is 0 Å². The first-order valence-electron chi connectivity index (χ1n) is 9.71. The summed E-state index contributed by atoms with van der Waals surface area (Å²) >= 11 is 0. The highest BCUT2D eigenvalue weighted by atomic mass is 16.1. The van der Waals surface area contributed by atoms with E-state index in [0.29, 0.717) is 5.56 Å². The zero-order chi connectivity index (χ0) is 21.5. The van der Waals surface area contributed by atoms with Crippen molar-refractivity contribution in [3.8, 4) is 28.2 Å². The number of aromatic amines is 1. The number of H-pyrrole nitrogens is 1. The van der Waals surface area contributed by atoms with E-state index in [1.807, 2.05) is 85.1 Å². The van der Waals surface area contributed by atoms with Crippen LogP contribution in [-0.4, -0.2) is 36.2 Å². The van der Waals surface area contributed by atoms with Gasteiger partial charge in [0.05, 0.1) is 18.1 Å². The number of aromatic nitrogens is 6. The van der Waals surface area contributed by atoms with Gasteiger partial charge in [-0.2, -0.15) is 15.4 Å². The van der Waals surface area contributed by atoms with Crippen LogP contribution in [0.15, 0.2) is 97.3 Å². The smallest absolute Gasteiger partial charge is 0.159 e. The van der Waals surface area contributed by atoms with Crippen LogP contribution in [0.3, 0.4) is 0 Å². The standard InChI is InChI=1S/C16H13N3O.C8H7N3/c1-12(20)14-8-5-9-15(10-14)19-11-16(17-18-19)13-6-3-2-4-7-13;1-2-4-7(5-3-1)8-6-9-11-10-8/h2-11H,1H3;1-6H,(H,9,10,11). The summed E-state index contributed by atoms with van der Waals surface area (Å²) in [6, 6.07) is 27.1. The summed E-state index contributed by atoms with van der Waals surface area (Å²) in [4.78, 5) is 11.4. The van der Waals surface area contributed by atoms with E-state index < -0.39 is 0 Å². The predicted octanol–water partition coefficient (Wildman–Crippen LogP) is 4.61. The Bertz CT molecular complexity index is 1250. The molecular formula is C24H20N6O. The summed E-state index contributed by atoms with van der Waals surface area (Å²) < 4.78 is 1.68. The van der Waals surface area contributed by atoms with E-state index in [-0.39, 0.29) is 5.78 Å². The summed E-state index contributed by atoms with van der Waals surface area (Å²) in [6.07, 6.45) is 3.56. The lowest BCUT2D eigenvalue weighted by Gasteiger charge is -2.01. The first-order chi connectivity index (χ1) is 15.2. The van der Waals surface area contributed by atoms with Crippen molar-refractivity contribution < 1.29 is 4.79 Å². The second-order valence-corrected chi connectivity index (χ2v) is 6.74. The summed E-state index contributed by atoms with van der Waals surface area (Å²) in [7, 11) is 0. The van der Waals surface area contributed by atoms with Crippen LogP contribution in [0, 0.1) is 0 Å². The second kappa shape index (κ2) is 9.41. The van der Waals surface area contributed by atoms with E-state index in [4.69, 9.17) is 0 Å². The van der Waals surface area contributed by atoms with Crippen LogP contribution in [0.5, 0.6) is 0 Å². The molecule has 3 aromatic carbocycles. The molecule has 7 heteroatoms. The predicted molar refractivity (Wildman–Crippen MR) is 119 cm³/mol. The normalized spacial score (nSPS) is 10.2. The molecule has 1 N–H and O–H groups in total. The molecule has 31 heavy (non-hydrogen) atoms. The number of carbonyl (C=O) groups excluding carboxylic acids is 1. The van der Waals surface area contributed by atoms with Gasteiger partial charge >= 0.3 is 0 Å². The van der Waals surface area contributed by atoms with Gasteiger partial charge < -0.3 is 0 Å². The maximum atomic E-state index is 11.4. The minimum atomic E-state index is 0.0373. The fourth-order valence-corrected chi connectivity index (χ4v) is 2.95. The molecule has 5 rings (SSSR count). The van der Waals surface area contributed by atoms with Crippen LogP contribution in [0.4, 0.5) is 0 Å². The zero-order valence-corrected chi connectivity index (χ0v) is 16.9. The molecule has 0 unspecified atom stereocenters. The molecule has 0 saturated carbocycles. The highest BCUT2D eigenvalue weighted by Crippen LogP contribution is 2.18. The van der Waals surface area contributed by atoms with Crippen molar-refractivity contribution in [3.05, 3.63) is 103 Å². The summed E-state index contributed by atoms with van der Waals surface area (Å²) in [5.74, 6) is 0.0373. The molecule has 0 aliphatic rings. The Hall–Kier alpha value is -4.39. The van der Waals surface area contributed by atoms with Crippen LogP contribution >= 0.6 is 0 Å². The average molecular weight is 408 g/mol. The quantitative estimate of drug-likeness (QED) is 0.439. The number of rotatable bonds is 4. The number of carbonyl (C=O) groups is 1. The summed E-state index contributed by atoms with van der Waals surface area (Å²) in [5, 5.41) is 18.5.